The van der Waals surface area contributed by atoms with Crippen LogP contribution in [0.2, 0.25) is 0 Å². The summed E-state index contributed by atoms with van der Waals surface area (Å²) in [6.07, 6.45) is 9.53. The Bertz CT molecular complexity index is 360. The molecule has 1 heterocycles. The van der Waals surface area contributed by atoms with Gasteiger partial charge in [0.1, 0.15) is 0 Å². The maximum absolute atomic E-state index is 9.48. The molecule has 0 amide bonds. The fourth-order valence-electron chi connectivity index (χ4n) is 2.36. The van der Waals surface area contributed by atoms with Crippen LogP contribution in [0.4, 0.5) is 0 Å². The van der Waals surface area contributed by atoms with Crippen molar-refractivity contribution >= 4 is 0 Å². The van der Waals surface area contributed by atoms with Crippen LogP contribution < -0.4 is 0 Å². The minimum atomic E-state index is -0.0695. The van der Waals surface area contributed by atoms with Crippen LogP contribution in [0.15, 0.2) is 35.5 Å². The average molecular weight is 277 g/mol. The highest BCUT2D eigenvalue weighted by Crippen LogP contribution is 2.16. The van der Waals surface area contributed by atoms with E-state index in [1.165, 1.54) is 16.7 Å². The second-order valence-corrected chi connectivity index (χ2v) is 6.00. The monoisotopic (exact) mass is 277 g/mol. The number of aliphatic hydroxyl groups excluding tert-OH is 1. The number of likely N-dealkylation sites (tertiary alicyclic amines) is 1. The molecule has 1 aliphatic heterocycles. The maximum atomic E-state index is 9.48. The zero-order valence-electron chi connectivity index (χ0n) is 13.5. The van der Waals surface area contributed by atoms with Gasteiger partial charge >= 0.3 is 0 Å². The van der Waals surface area contributed by atoms with Gasteiger partial charge in [-0.3, -0.25) is 0 Å². The van der Waals surface area contributed by atoms with Gasteiger partial charge in [-0.25, -0.2) is 0 Å². The quantitative estimate of drug-likeness (QED) is 0.709. The Hall–Kier alpha value is -0.860. The molecule has 0 bridgehead atoms. The van der Waals surface area contributed by atoms with Crippen LogP contribution in [-0.4, -0.2) is 35.7 Å². The van der Waals surface area contributed by atoms with Crippen LogP contribution in [-0.2, 0) is 0 Å². The smallest absolute Gasteiger partial charge is 0.0564 e. The summed E-state index contributed by atoms with van der Waals surface area (Å²) in [5.41, 5.74) is 3.96. The number of hydrogen-bond donors (Lipinski definition) is 1. The van der Waals surface area contributed by atoms with Gasteiger partial charge in [-0.15, -0.1) is 0 Å². The van der Waals surface area contributed by atoms with Gasteiger partial charge in [-0.2, -0.15) is 0 Å². The van der Waals surface area contributed by atoms with Crippen LogP contribution in [0.25, 0.3) is 0 Å². The molecule has 0 unspecified atom stereocenters. The Morgan fingerprint density at radius 2 is 1.90 bits per heavy atom. The number of nitrogens with zero attached hydrogens (tertiary/aromatic N) is 1. The summed E-state index contributed by atoms with van der Waals surface area (Å²) >= 11 is 0. The molecule has 0 atom stereocenters. The third-order valence-corrected chi connectivity index (χ3v) is 4.24. The fourth-order valence-corrected chi connectivity index (χ4v) is 2.36. The lowest BCUT2D eigenvalue weighted by Gasteiger charge is -2.29. The predicted octanol–water partition coefficient (Wildman–Crippen LogP) is 4.08. The van der Waals surface area contributed by atoms with Crippen LogP contribution in [0, 0.1) is 0 Å². The predicted molar refractivity (Wildman–Crippen MR) is 87.9 cm³/mol. The van der Waals surface area contributed by atoms with E-state index in [2.05, 4.69) is 44.4 Å². The molecule has 0 aromatic carbocycles. The largest absolute Gasteiger partial charge is 0.393 e. The van der Waals surface area contributed by atoms with Gasteiger partial charge in [0, 0.05) is 13.1 Å². The molecular weight excluding hydrogens is 246 g/mol. The van der Waals surface area contributed by atoms with E-state index in [1.807, 2.05) is 0 Å². The summed E-state index contributed by atoms with van der Waals surface area (Å²) in [4.78, 5) is 2.46. The highest BCUT2D eigenvalue weighted by atomic mass is 16.3. The first-order valence-corrected chi connectivity index (χ1v) is 7.95. The summed E-state index contributed by atoms with van der Waals surface area (Å²) in [6.45, 7) is 13.9. The first-order valence-electron chi connectivity index (χ1n) is 7.95. The van der Waals surface area contributed by atoms with Gasteiger partial charge in [-0.05, 0) is 58.1 Å². The Morgan fingerprint density at radius 1 is 1.25 bits per heavy atom. The summed E-state index contributed by atoms with van der Waals surface area (Å²) in [6, 6.07) is 0. The van der Waals surface area contributed by atoms with E-state index in [0.717, 1.165) is 51.7 Å². The number of piperidine rings is 1. The van der Waals surface area contributed by atoms with E-state index in [9.17, 15) is 5.11 Å². The van der Waals surface area contributed by atoms with E-state index >= 15 is 0 Å². The number of hydrogen-bond acceptors (Lipinski definition) is 2. The normalized spacial score (nSPS) is 19.4. The average Bonchev–Trinajstić information content (AvgIpc) is 2.46. The number of aliphatic hydroxyl groups is 1. The van der Waals surface area contributed by atoms with Gasteiger partial charge < -0.3 is 10.0 Å². The molecule has 1 rings (SSSR count). The minimum Gasteiger partial charge on any atom is -0.393 e. The lowest BCUT2D eigenvalue weighted by molar-refractivity contribution is 0.0821. The van der Waals surface area contributed by atoms with Gasteiger partial charge in [0.2, 0.25) is 0 Å². The molecule has 0 aromatic rings. The van der Waals surface area contributed by atoms with Crippen molar-refractivity contribution in [2.24, 2.45) is 0 Å². The fraction of sp³-hybridized carbons (Fsp3) is 0.667. The van der Waals surface area contributed by atoms with Crippen LogP contribution in [0.1, 0.15) is 52.9 Å². The van der Waals surface area contributed by atoms with Crippen LogP contribution in [0.5, 0.6) is 0 Å². The summed E-state index contributed by atoms with van der Waals surface area (Å²) in [5.74, 6) is 0. The molecule has 0 spiro atoms. The van der Waals surface area contributed by atoms with Crippen molar-refractivity contribution in [2.45, 2.75) is 59.0 Å². The molecule has 114 valence electrons. The van der Waals surface area contributed by atoms with Gasteiger partial charge in [0.15, 0.2) is 0 Å². The van der Waals surface area contributed by atoms with Crippen molar-refractivity contribution in [2.75, 3.05) is 19.6 Å². The third-order valence-electron chi connectivity index (χ3n) is 4.24. The van der Waals surface area contributed by atoms with Crippen molar-refractivity contribution in [1.82, 2.24) is 4.90 Å². The summed E-state index contributed by atoms with van der Waals surface area (Å²) in [5, 5.41) is 9.48. The van der Waals surface area contributed by atoms with Crippen LogP contribution in [0.3, 0.4) is 0 Å². The first-order chi connectivity index (χ1) is 9.52. The van der Waals surface area contributed by atoms with Gasteiger partial charge in [0.05, 0.1) is 6.10 Å². The van der Waals surface area contributed by atoms with Crippen molar-refractivity contribution < 1.29 is 5.11 Å². The Labute approximate surface area is 124 Å². The molecule has 0 saturated carbocycles. The second kappa shape index (κ2) is 9.15. The van der Waals surface area contributed by atoms with Crippen molar-refractivity contribution in [3.8, 4) is 0 Å². The number of rotatable bonds is 7. The second-order valence-electron chi connectivity index (χ2n) is 6.00. The van der Waals surface area contributed by atoms with E-state index in [4.69, 9.17) is 0 Å². The van der Waals surface area contributed by atoms with E-state index in [-0.39, 0.29) is 6.10 Å². The van der Waals surface area contributed by atoms with E-state index in [0.29, 0.717) is 0 Å². The Morgan fingerprint density at radius 3 is 2.50 bits per heavy atom. The van der Waals surface area contributed by atoms with E-state index < -0.39 is 0 Å². The molecule has 20 heavy (non-hydrogen) atoms. The summed E-state index contributed by atoms with van der Waals surface area (Å²) in [7, 11) is 0. The van der Waals surface area contributed by atoms with Gasteiger partial charge in [-0.1, -0.05) is 36.8 Å². The highest BCUT2D eigenvalue weighted by Gasteiger charge is 2.16. The molecular formula is C18H31NO. The molecule has 1 N–H and O–H groups in total. The Kier molecular flexibility index (Phi) is 7.86. The zero-order chi connectivity index (χ0) is 15.0. The number of allylic oxidation sites excluding steroid dienone is 5. The highest BCUT2D eigenvalue weighted by molar-refractivity contribution is 5.30. The van der Waals surface area contributed by atoms with Crippen molar-refractivity contribution in [3.05, 3.63) is 35.5 Å². The minimum absolute atomic E-state index is 0.0695. The topological polar surface area (TPSA) is 23.5 Å². The zero-order valence-corrected chi connectivity index (χ0v) is 13.5. The Balaban J connectivity index is 2.26. The molecule has 0 aromatic heterocycles. The molecule has 0 radical (unpaired) electrons. The van der Waals surface area contributed by atoms with Gasteiger partial charge in [0.25, 0.3) is 0 Å². The standard InChI is InChI=1S/C18H31NO/c1-5-15(2)8-9-17(4)16(3)7-6-12-19-13-10-18(20)11-14-19/h8-9,18,20H,3,5-7,10-14H2,1-2,4H3/b15-8+,17-9+. The van der Waals surface area contributed by atoms with Crippen molar-refractivity contribution in [1.29, 1.82) is 0 Å². The van der Waals surface area contributed by atoms with Crippen molar-refractivity contribution in [3.63, 3.8) is 0 Å². The SMILES string of the molecule is C=C(CCCN1CCC(O)CC1)/C(C)=C/C=C(\C)CC. The molecule has 1 fully saturated rings. The molecule has 2 nitrogen and oxygen atoms in total. The molecule has 2 heteroatoms. The molecule has 1 aliphatic rings. The molecule has 1 saturated heterocycles. The van der Waals surface area contributed by atoms with E-state index in [1.54, 1.807) is 0 Å². The maximum Gasteiger partial charge on any atom is 0.0564 e. The lowest BCUT2D eigenvalue weighted by Crippen LogP contribution is -2.36. The lowest BCUT2D eigenvalue weighted by atomic mass is 10.0. The van der Waals surface area contributed by atoms with Crippen LogP contribution >= 0.6 is 0 Å². The summed E-state index contributed by atoms with van der Waals surface area (Å²) < 4.78 is 0. The third kappa shape index (κ3) is 6.53. The first kappa shape index (κ1) is 17.2. The molecule has 0 aliphatic carbocycles.